The summed E-state index contributed by atoms with van der Waals surface area (Å²) in [5.41, 5.74) is 3.19. The van der Waals surface area contributed by atoms with Crippen LogP contribution >= 0.6 is 23.1 Å². The Balaban J connectivity index is 1.75. The first-order valence-corrected chi connectivity index (χ1v) is 8.27. The third-order valence-electron chi connectivity index (χ3n) is 3.30. The molecule has 2 aromatic carbocycles. The van der Waals surface area contributed by atoms with Gasteiger partial charge in [-0.2, -0.15) is 5.26 Å². The number of halogens is 1. The number of hydrogen-bond donors (Lipinski definition) is 0. The molecule has 3 rings (SSSR count). The second kappa shape index (κ2) is 7.19. The molecule has 116 valence electrons. The fourth-order valence-corrected chi connectivity index (χ4v) is 3.19. The summed E-state index contributed by atoms with van der Waals surface area (Å²) in [6, 6.07) is 18.4. The van der Waals surface area contributed by atoms with E-state index in [0.717, 1.165) is 16.7 Å². The van der Waals surface area contributed by atoms with E-state index in [4.69, 9.17) is 16.9 Å². The summed E-state index contributed by atoms with van der Waals surface area (Å²) in [6.45, 7) is 0.494. The quantitative estimate of drug-likeness (QED) is 0.658. The van der Waals surface area contributed by atoms with Crippen molar-refractivity contribution >= 4 is 23.1 Å². The first-order valence-electron chi connectivity index (χ1n) is 7.12. The molecule has 5 heteroatoms. The predicted molar refractivity (Wildman–Crippen MR) is 96.3 cm³/mol. The second-order valence-electron chi connectivity index (χ2n) is 5.05. The maximum absolute atomic E-state index is 11.7. The Morgan fingerprint density at radius 1 is 1.00 bits per heavy atom. The Kier molecular flexibility index (Phi) is 4.82. The molecule has 0 bridgehead atoms. The van der Waals surface area contributed by atoms with Crippen LogP contribution in [0, 0.1) is 23.2 Å². The lowest BCUT2D eigenvalue weighted by atomic mass is 10.1. The van der Waals surface area contributed by atoms with Gasteiger partial charge >= 0.3 is 0 Å². The van der Waals surface area contributed by atoms with Gasteiger partial charge in [0.25, 0.3) is 5.56 Å². The van der Waals surface area contributed by atoms with Crippen LogP contribution in [0.2, 0.25) is 4.34 Å². The molecule has 3 nitrogen and oxygen atoms in total. The van der Waals surface area contributed by atoms with E-state index in [0.29, 0.717) is 16.4 Å². The number of benzene rings is 2. The Bertz CT molecular complexity index is 1030. The minimum absolute atomic E-state index is 0.0914. The summed E-state index contributed by atoms with van der Waals surface area (Å²) in [5, 5.41) is 8.89. The molecule has 1 heterocycles. The molecule has 0 aliphatic carbocycles. The summed E-state index contributed by atoms with van der Waals surface area (Å²) >= 11 is 7.08. The van der Waals surface area contributed by atoms with Crippen molar-refractivity contribution in [1.82, 2.24) is 3.96 Å². The monoisotopic (exact) mass is 350 g/mol. The van der Waals surface area contributed by atoms with E-state index >= 15 is 0 Å². The van der Waals surface area contributed by atoms with E-state index in [1.54, 1.807) is 16.1 Å². The minimum Gasteiger partial charge on any atom is -0.268 e. The van der Waals surface area contributed by atoms with Crippen LogP contribution in [0.25, 0.3) is 0 Å². The van der Waals surface area contributed by atoms with Crippen molar-refractivity contribution in [2.45, 2.75) is 6.54 Å². The summed E-state index contributed by atoms with van der Waals surface area (Å²) in [5.74, 6) is 6.12. The highest BCUT2D eigenvalue weighted by Gasteiger charge is 2.03. The molecule has 0 aliphatic heterocycles. The molecular weight excluding hydrogens is 340 g/mol. The average Bonchev–Trinajstić information content (AvgIpc) is 2.91. The zero-order valence-electron chi connectivity index (χ0n) is 12.5. The molecular formula is C19H11ClN2OS. The van der Waals surface area contributed by atoms with Gasteiger partial charge in [-0.1, -0.05) is 41.6 Å². The molecule has 3 aromatic rings. The first kappa shape index (κ1) is 16.1. The van der Waals surface area contributed by atoms with Gasteiger partial charge in [0.05, 0.1) is 18.2 Å². The lowest BCUT2D eigenvalue weighted by Crippen LogP contribution is -2.12. The van der Waals surface area contributed by atoms with Crippen molar-refractivity contribution < 1.29 is 0 Å². The van der Waals surface area contributed by atoms with Gasteiger partial charge in [0, 0.05) is 17.2 Å². The molecule has 0 amide bonds. The summed E-state index contributed by atoms with van der Waals surface area (Å²) in [7, 11) is 0. The van der Waals surface area contributed by atoms with Crippen molar-refractivity contribution in [3.63, 3.8) is 0 Å². The van der Waals surface area contributed by atoms with Crippen LogP contribution in [0.15, 0.2) is 59.4 Å². The molecule has 0 unspecified atom stereocenters. The van der Waals surface area contributed by atoms with Gasteiger partial charge in [0.1, 0.15) is 4.34 Å². The predicted octanol–water partition coefficient (Wildman–Crippen LogP) is 3.88. The molecule has 1 aromatic heterocycles. The Hall–Kier alpha value is -2.79. The van der Waals surface area contributed by atoms with Crippen LogP contribution in [0.1, 0.15) is 22.3 Å². The van der Waals surface area contributed by atoms with Crippen molar-refractivity contribution in [3.05, 3.63) is 91.5 Å². The molecule has 0 saturated carbocycles. The van der Waals surface area contributed by atoms with Crippen LogP contribution in [0.4, 0.5) is 0 Å². The van der Waals surface area contributed by atoms with Crippen LogP contribution in [0.3, 0.4) is 0 Å². The van der Waals surface area contributed by atoms with Gasteiger partial charge < -0.3 is 0 Å². The van der Waals surface area contributed by atoms with Crippen molar-refractivity contribution in [3.8, 4) is 17.9 Å². The van der Waals surface area contributed by atoms with E-state index in [1.165, 1.54) is 17.6 Å². The van der Waals surface area contributed by atoms with E-state index in [1.807, 2.05) is 36.4 Å². The van der Waals surface area contributed by atoms with Crippen LogP contribution in [0.5, 0.6) is 0 Å². The van der Waals surface area contributed by atoms with Gasteiger partial charge in [-0.25, -0.2) is 0 Å². The van der Waals surface area contributed by atoms with Crippen molar-refractivity contribution in [2.75, 3.05) is 0 Å². The van der Waals surface area contributed by atoms with E-state index in [-0.39, 0.29) is 5.56 Å². The van der Waals surface area contributed by atoms with Crippen LogP contribution in [-0.2, 0) is 6.54 Å². The van der Waals surface area contributed by atoms with Crippen LogP contribution in [-0.4, -0.2) is 3.96 Å². The zero-order chi connectivity index (χ0) is 16.9. The van der Waals surface area contributed by atoms with Crippen LogP contribution < -0.4 is 5.56 Å². The van der Waals surface area contributed by atoms with Crippen molar-refractivity contribution in [1.29, 1.82) is 5.26 Å². The number of aromatic nitrogens is 1. The lowest BCUT2D eigenvalue weighted by molar-refractivity contribution is 0.849. The molecule has 24 heavy (non-hydrogen) atoms. The maximum atomic E-state index is 11.7. The highest BCUT2D eigenvalue weighted by molar-refractivity contribution is 7.11. The number of nitriles is 1. The summed E-state index contributed by atoms with van der Waals surface area (Å²) in [6.07, 6.45) is 0. The fraction of sp³-hybridized carbons (Fsp3) is 0.0526. The Labute approximate surface area is 148 Å². The molecule has 0 N–H and O–H groups in total. The third-order valence-corrected chi connectivity index (χ3v) is 4.44. The minimum atomic E-state index is -0.0914. The molecule has 0 spiro atoms. The lowest BCUT2D eigenvalue weighted by Gasteiger charge is -2.01. The first-order chi connectivity index (χ1) is 11.6. The number of rotatable bonds is 2. The largest absolute Gasteiger partial charge is 0.268 e. The average molecular weight is 351 g/mol. The molecule has 0 atom stereocenters. The topological polar surface area (TPSA) is 45.8 Å². The molecule has 0 saturated heterocycles. The van der Waals surface area contributed by atoms with Gasteiger partial charge in [0.2, 0.25) is 0 Å². The van der Waals surface area contributed by atoms with Crippen molar-refractivity contribution in [2.24, 2.45) is 0 Å². The molecule has 0 radical (unpaired) electrons. The normalized spacial score (nSPS) is 9.83. The van der Waals surface area contributed by atoms with Gasteiger partial charge in [-0.15, -0.1) is 0 Å². The highest BCUT2D eigenvalue weighted by Crippen LogP contribution is 2.14. The standard InChI is InChI=1S/C19H11ClN2OS/c20-18-11-19(23)22(24-18)13-16-8-5-14(6-9-16)4-7-15-2-1-3-17(10-15)12-21/h1-3,5-6,8-11H,13H2. The molecule has 0 fully saturated rings. The van der Waals surface area contributed by atoms with Gasteiger partial charge in [0.15, 0.2) is 0 Å². The second-order valence-corrected chi connectivity index (χ2v) is 6.75. The Morgan fingerprint density at radius 3 is 2.38 bits per heavy atom. The maximum Gasteiger partial charge on any atom is 0.262 e. The molecule has 0 aliphatic rings. The van der Waals surface area contributed by atoms with E-state index in [9.17, 15) is 4.79 Å². The van der Waals surface area contributed by atoms with Gasteiger partial charge in [-0.05, 0) is 47.4 Å². The number of hydrogen-bond acceptors (Lipinski definition) is 3. The van der Waals surface area contributed by atoms with Gasteiger partial charge in [-0.3, -0.25) is 8.75 Å². The zero-order valence-corrected chi connectivity index (χ0v) is 14.1. The summed E-state index contributed by atoms with van der Waals surface area (Å²) < 4.78 is 2.10. The number of nitrogens with zero attached hydrogens (tertiary/aromatic N) is 2. The third kappa shape index (κ3) is 3.94. The smallest absolute Gasteiger partial charge is 0.262 e. The summed E-state index contributed by atoms with van der Waals surface area (Å²) in [4.78, 5) is 11.7. The van der Waals surface area contributed by atoms with E-state index in [2.05, 4.69) is 17.9 Å². The SMILES string of the molecule is N#Cc1cccc(C#Cc2ccc(Cn3sc(Cl)cc3=O)cc2)c1. The Morgan fingerprint density at radius 2 is 1.71 bits per heavy atom. The highest BCUT2D eigenvalue weighted by atomic mass is 35.5. The fourth-order valence-electron chi connectivity index (χ4n) is 2.13. The van der Waals surface area contributed by atoms with E-state index < -0.39 is 0 Å².